The summed E-state index contributed by atoms with van der Waals surface area (Å²) >= 11 is 12.6. The van der Waals surface area contributed by atoms with E-state index in [-0.39, 0.29) is 44.1 Å². The Morgan fingerprint density at radius 2 is 1.63 bits per heavy atom. The maximum atomic E-state index is 14.7. The standard InChI is InChI=1S/C50H66Cl2F3N7O7Si/c1-32(56-27-35-13-18-38(52)24-42(35)69-39-19-14-34(15-20-39)41-28-57-43(61(41)7)29-60(5)6)45(65)58-40(30-68-70(8,9)48(2,3)4)46(66)59-49(25-33-11-16-37(51)17-12-33)21-10-22-62(31-49)47(67)36(23-44(63)64)26-50(53,54)55/h11-20,24,28,32,36,40,56H,10,21-23,25-27,29-31H2,1-9H3,(H,58,65)(H,59,66)(H,63,64)/t32-,36-,40?,49+/m0/s1. The molecular weight excluding hydrogens is 967 g/mol. The Hall–Kier alpha value is -4.98. The van der Waals surface area contributed by atoms with Crippen LogP contribution in [0.4, 0.5) is 13.2 Å². The van der Waals surface area contributed by atoms with Crippen LogP contribution in [-0.4, -0.2) is 114 Å². The predicted molar refractivity (Wildman–Crippen MR) is 267 cm³/mol. The molecule has 0 aliphatic carbocycles. The number of piperidine rings is 1. The number of amides is 3. The van der Waals surface area contributed by atoms with Crippen molar-refractivity contribution in [2.24, 2.45) is 13.0 Å². The largest absolute Gasteiger partial charge is 0.481 e. The summed E-state index contributed by atoms with van der Waals surface area (Å²) in [7, 11) is 3.44. The quantitative estimate of drug-likeness (QED) is 0.0592. The Bertz CT molecular complexity index is 2450. The molecule has 0 spiro atoms. The number of imidazole rings is 1. The highest BCUT2D eigenvalue weighted by molar-refractivity contribution is 6.74. The molecule has 1 fully saturated rings. The van der Waals surface area contributed by atoms with Gasteiger partial charge in [-0.3, -0.25) is 19.2 Å². The van der Waals surface area contributed by atoms with E-state index in [0.717, 1.165) is 17.1 Å². The zero-order valence-electron chi connectivity index (χ0n) is 41.3. The van der Waals surface area contributed by atoms with E-state index >= 15 is 0 Å². The van der Waals surface area contributed by atoms with Crippen molar-refractivity contribution in [3.63, 3.8) is 0 Å². The maximum absolute atomic E-state index is 14.7. The molecule has 1 aliphatic rings. The van der Waals surface area contributed by atoms with E-state index in [9.17, 15) is 37.5 Å². The Labute approximate surface area is 419 Å². The highest BCUT2D eigenvalue weighted by atomic mass is 35.5. The SMILES string of the molecule is C[C@H](NCc1ccc(Cl)cc1Oc1ccc(-c2cnc(CN(C)C)n2C)cc1)C(=O)NC(CO[Si](C)(C)C(C)(C)C)C(=O)N[C@@]1(Cc2ccc(Cl)cc2)CCCN(C(=O)[C@@H](CC(=O)O)CC(F)(F)F)C1. The number of carbonyl (C=O) groups excluding carboxylic acids is 3. The molecule has 382 valence electrons. The molecule has 0 bridgehead atoms. The highest BCUT2D eigenvalue weighted by Gasteiger charge is 2.45. The molecule has 1 saturated heterocycles. The summed E-state index contributed by atoms with van der Waals surface area (Å²) in [5.74, 6) is -3.56. The zero-order valence-corrected chi connectivity index (χ0v) is 43.8. The fourth-order valence-electron chi connectivity index (χ4n) is 8.03. The van der Waals surface area contributed by atoms with Crippen LogP contribution in [0, 0.1) is 5.92 Å². The van der Waals surface area contributed by atoms with Crippen LogP contribution in [0.2, 0.25) is 28.2 Å². The van der Waals surface area contributed by atoms with Gasteiger partial charge < -0.3 is 44.6 Å². The summed E-state index contributed by atoms with van der Waals surface area (Å²) in [4.78, 5) is 62.1. The van der Waals surface area contributed by atoms with E-state index in [1.165, 1.54) is 4.90 Å². The van der Waals surface area contributed by atoms with Crippen molar-refractivity contribution >= 4 is 55.2 Å². The van der Waals surface area contributed by atoms with Gasteiger partial charge in [-0.15, -0.1) is 0 Å². The van der Waals surface area contributed by atoms with Gasteiger partial charge in [-0.2, -0.15) is 13.2 Å². The summed E-state index contributed by atoms with van der Waals surface area (Å²) < 4.78 is 55.9. The first-order chi connectivity index (χ1) is 32.6. The van der Waals surface area contributed by atoms with Crippen molar-refractivity contribution in [3.05, 3.63) is 99.9 Å². The highest BCUT2D eigenvalue weighted by Crippen LogP contribution is 2.37. The molecule has 4 aromatic rings. The fourth-order valence-corrected chi connectivity index (χ4v) is 9.33. The minimum atomic E-state index is -4.79. The lowest BCUT2D eigenvalue weighted by Crippen LogP contribution is -2.65. The molecule has 0 saturated carbocycles. The van der Waals surface area contributed by atoms with Crippen molar-refractivity contribution in [3.8, 4) is 22.8 Å². The smallest absolute Gasteiger partial charge is 0.389 e. The van der Waals surface area contributed by atoms with Crippen LogP contribution in [0.25, 0.3) is 11.3 Å². The van der Waals surface area contributed by atoms with E-state index in [0.29, 0.717) is 45.6 Å². The molecule has 1 unspecified atom stereocenters. The molecule has 3 aromatic carbocycles. The van der Waals surface area contributed by atoms with Crippen LogP contribution in [0.1, 0.15) is 70.3 Å². The second-order valence-electron chi connectivity index (χ2n) is 20.0. The van der Waals surface area contributed by atoms with Crippen molar-refractivity contribution in [2.45, 2.75) is 115 Å². The lowest BCUT2D eigenvalue weighted by molar-refractivity contribution is -0.164. The molecule has 0 radical (unpaired) electrons. The Balaban J connectivity index is 1.35. The Morgan fingerprint density at radius 1 is 0.971 bits per heavy atom. The maximum Gasteiger partial charge on any atom is 0.389 e. The average Bonchev–Trinajstić information content (AvgIpc) is 3.62. The number of aliphatic carboxylic acids is 1. The molecule has 4 atom stereocenters. The molecule has 3 amide bonds. The normalized spacial score (nSPS) is 16.9. The Morgan fingerprint density at radius 3 is 2.24 bits per heavy atom. The van der Waals surface area contributed by atoms with Crippen LogP contribution in [0.15, 0.2) is 72.9 Å². The molecule has 2 heterocycles. The van der Waals surface area contributed by atoms with Crippen LogP contribution < -0.4 is 20.7 Å². The van der Waals surface area contributed by atoms with Crippen molar-refractivity contribution in [1.82, 2.24) is 35.3 Å². The van der Waals surface area contributed by atoms with Gasteiger partial charge in [-0.1, -0.05) is 62.2 Å². The lowest BCUT2D eigenvalue weighted by Gasteiger charge is -2.45. The first kappa shape index (κ1) is 55.9. The van der Waals surface area contributed by atoms with Gasteiger partial charge in [0.15, 0.2) is 8.32 Å². The minimum Gasteiger partial charge on any atom is -0.481 e. The number of hydrogen-bond donors (Lipinski definition) is 4. The number of aromatic nitrogens is 2. The number of nitrogens with zero attached hydrogens (tertiary/aromatic N) is 4. The number of rotatable bonds is 21. The molecule has 1 aromatic heterocycles. The second kappa shape index (κ2) is 23.5. The summed E-state index contributed by atoms with van der Waals surface area (Å²) in [5, 5.41) is 19.3. The van der Waals surface area contributed by atoms with E-state index < -0.39 is 74.6 Å². The number of carboxylic acid groups (broad SMARTS) is 1. The van der Waals surface area contributed by atoms with Gasteiger partial charge >= 0.3 is 12.1 Å². The lowest BCUT2D eigenvalue weighted by atomic mass is 9.82. The number of halogens is 5. The van der Waals surface area contributed by atoms with E-state index in [1.807, 2.05) is 90.0 Å². The molecule has 1 aliphatic heterocycles. The molecule has 4 N–H and O–H groups in total. The van der Waals surface area contributed by atoms with Gasteiger partial charge in [-0.05, 0) is 113 Å². The van der Waals surface area contributed by atoms with Crippen molar-refractivity contribution in [1.29, 1.82) is 0 Å². The van der Waals surface area contributed by atoms with Gasteiger partial charge in [-0.25, -0.2) is 4.98 Å². The van der Waals surface area contributed by atoms with Gasteiger partial charge in [0.1, 0.15) is 23.4 Å². The monoisotopic (exact) mass is 1030 g/mol. The number of benzene rings is 3. The molecule has 70 heavy (non-hydrogen) atoms. The number of carboxylic acids is 1. The molecule has 5 rings (SSSR count). The summed E-state index contributed by atoms with van der Waals surface area (Å²) in [6, 6.07) is 17.5. The van der Waals surface area contributed by atoms with Crippen molar-refractivity contribution in [2.75, 3.05) is 33.8 Å². The number of nitrogens with one attached hydrogen (secondary N) is 3. The summed E-state index contributed by atoms with van der Waals surface area (Å²) in [5.41, 5.74) is 2.09. The Kier molecular flexibility index (Phi) is 18.8. The van der Waals surface area contributed by atoms with Crippen LogP contribution in [0.5, 0.6) is 11.5 Å². The third kappa shape index (κ3) is 15.8. The minimum absolute atomic E-state index is 0.0554. The first-order valence-corrected chi connectivity index (χ1v) is 26.8. The number of carbonyl (C=O) groups is 4. The van der Waals surface area contributed by atoms with Crippen LogP contribution in [-0.2, 0) is 50.2 Å². The van der Waals surface area contributed by atoms with Gasteiger partial charge in [0, 0.05) is 47.9 Å². The molecule has 20 heteroatoms. The van der Waals surface area contributed by atoms with Crippen LogP contribution >= 0.6 is 23.2 Å². The number of alkyl halides is 3. The summed E-state index contributed by atoms with van der Waals surface area (Å²) in [6.07, 6.45) is -4.83. The van der Waals surface area contributed by atoms with Gasteiger partial charge in [0.2, 0.25) is 17.7 Å². The molecule has 14 nitrogen and oxygen atoms in total. The van der Waals surface area contributed by atoms with Crippen molar-refractivity contribution < 1.29 is 46.6 Å². The van der Waals surface area contributed by atoms with E-state index in [4.69, 9.17) is 32.4 Å². The van der Waals surface area contributed by atoms with E-state index in [1.54, 1.807) is 49.4 Å². The molecular formula is C50H66Cl2F3N7O7Si. The number of hydrogen-bond acceptors (Lipinski definition) is 9. The number of likely N-dealkylation sites (tertiary alicyclic amines) is 1. The predicted octanol–water partition coefficient (Wildman–Crippen LogP) is 9.00. The first-order valence-electron chi connectivity index (χ1n) is 23.2. The van der Waals surface area contributed by atoms with E-state index in [2.05, 4.69) is 25.8 Å². The third-order valence-corrected chi connectivity index (χ3v) is 18.0. The third-order valence-electron chi connectivity index (χ3n) is 13.0. The van der Waals surface area contributed by atoms with Gasteiger partial charge in [0.05, 0.1) is 55.4 Å². The average molecular weight is 1030 g/mol. The van der Waals surface area contributed by atoms with Crippen LogP contribution in [0.3, 0.4) is 0 Å². The topological polar surface area (TPSA) is 167 Å². The second-order valence-corrected chi connectivity index (χ2v) is 25.7. The number of ether oxygens (including phenoxy) is 1. The summed E-state index contributed by atoms with van der Waals surface area (Å²) in [6.45, 7) is 12.3. The van der Waals surface area contributed by atoms with Gasteiger partial charge in [0.25, 0.3) is 0 Å². The zero-order chi connectivity index (χ0) is 51.8. The fraction of sp³-hybridized carbons (Fsp3) is 0.500.